The van der Waals surface area contributed by atoms with Crippen LogP contribution in [0.3, 0.4) is 0 Å². The summed E-state index contributed by atoms with van der Waals surface area (Å²) in [7, 11) is 0. The molecule has 5 heterocycles. The van der Waals surface area contributed by atoms with Gasteiger partial charge in [-0.3, -0.25) is 0 Å². The summed E-state index contributed by atoms with van der Waals surface area (Å²) in [6, 6.07) is 122. The normalized spacial score (nSPS) is 11.9. The van der Waals surface area contributed by atoms with Gasteiger partial charge in [0.25, 0.3) is 0 Å². The molecule has 15 aromatic carbocycles. The highest BCUT2D eigenvalue weighted by Gasteiger charge is 2.34. The van der Waals surface area contributed by atoms with Crippen molar-refractivity contribution in [1.29, 1.82) is 0 Å². The van der Waals surface area contributed by atoms with Crippen molar-refractivity contribution in [1.82, 2.24) is 18.1 Å². The number of para-hydroxylation sites is 2. The molecule has 444 valence electrons. The summed E-state index contributed by atoms with van der Waals surface area (Å²) in [5.74, 6) is 0. The van der Waals surface area contributed by atoms with Crippen LogP contribution < -0.4 is 0 Å². The topological polar surface area (TPSA) is 23.6 Å². The summed E-state index contributed by atoms with van der Waals surface area (Å²) in [4.78, 5) is 5.16. The minimum atomic E-state index is 0.524. The van der Waals surface area contributed by atoms with Gasteiger partial charge in [0.05, 0.1) is 73.3 Å². The summed E-state index contributed by atoms with van der Waals surface area (Å²) in [6.45, 7) is 10.4. The molecule has 0 radical (unpaired) electrons. The molecule has 0 amide bonds. The van der Waals surface area contributed by atoms with Gasteiger partial charge >= 0.3 is 0 Å². The molecule has 96 heavy (non-hydrogen) atoms. The zero-order valence-electron chi connectivity index (χ0n) is 52.0. The summed E-state index contributed by atoms with van der Waals surface area (Å²) >= 11 is 0. The lowest BCUT2D eigenvalue weighted by molar-refractivity contribution is 1.10. The Morgan fingerprint density at radius 2 is 0.479 bits per heavy atom. The van der Waals surface area contributed by atoms with Crippen LogP contribution in [-0.2, 0) is 0 Å². The van der Waals surface area contributed by atoms with Crippen LogP contribution in [0.15, 0.2) is 334 Å². The van der Waals surface area contributed by atoms with E-state index in [9.17, 15) is 6.57 Å². The minimum absolute atomic E-state index is 0.524. The highest BCUT2D eigenvalue weighted by Crippen LogP contribution is 2.55. The average Bonchev–Trinajstić information content (AvgIpc) is 1.50. The maximum Gasteiger partial charge on any atom is 0.238 e. The predicted molar refractivity (Wildman–Crippen MR) is 403 cm³/mol. The van der Waals surface area contributed by atoms with E-state index >= 15 is 0 Å². The monoisotopic (exact) mass is 1220 g/mol. The summed E-state index contributed by atoms with van der Waals surface area (Å²) in [5, 5.41) is 11.1. The van der Waals surface area contributed by atoms with E-state index in [4.69, 9.17) is 4.85 Å². The van der Waals surface area contributed by atoms with Crippen LogP contribution in [0.1, 0.15) is 0 Å². The smallest absolute Gasteiger partial charge is 0.238 e. The van der Waals surface area contributed by atoms with Crippen molar-refractivity contribution in [3.63, 3.8) is 0 Å². The molecule has 0 unspecified atom stereocenters. The first-order valence-electron chi connectivity index (χ1n) is 32.8. The minimum Gasteiger partial charge on any atom is -0.317 e. The first-order valence-corrected chi connectivity index (χ1v) is 32.8. The van der Waals surface area contributed by atoms with Gasteiger partial charge in [-0.1, -0.05) is 255 Å². The predicted octanol–water partition coefficient (Wildman–Crippen LogP) is 24.7. The molecular formula is C91H55N5. The maximum absolute atomic E-state index is 10.4. The zero-order valence-corrected chi connectivity index (χ0v) is 52.0. The van der Waals surface area contributed by atoms with Gasteiger partial charge in [-0.25, -0.2) is 4.85 Å². The van der Waals surface area contributed by atoms with E-state index in [1.807, 2.05) is 0 Å². The first-order chi connectivity index (χ1) is 47.6. The van der Waals surface area contributed by atoms with Crippen molar-refractivity contribution in [2.75, 3.05) is 0 Å². The van der Waals surface area contributed by atoms with Crippen LogP contribution in [-0.4, -0.2) is 18.1 Å². The Hall–Kier alpha value is -13.0. The third-order valence-corrected chi connectivity index (χ3v) is 20.3. The molecule has 20 aromatic rings. The first kappa shape index (κ1) is 53.6. The van der Waals surface area contributed by atoms with Crippen LogP contribution in [0.5, 0.6) is 0 Å². The molecule has 0 atom stereocenters. The fourth-order valence-electron chi connectivity index (χ4n) is 16.0. The van der Waals surface area contributed by atoms with E-state index in [0.29, 0.717) is 5.69 Å². The molecule has 5 aromatic heterocycles. The largest absolute Gasteiger partial charge is 0.317 e. The Morgan fingerprint density at radius 1 is 0.198 bits per heavy atom. The van der Waals surface area contributed by atoms with Gasteiger partial charge in [-0.2, -0.15) is 0 Å². The van der Waals surface area contributed by atoms with Crippen molar-refractivity contribution in [3.8, 4) is 83.8 Å². The van der Waals surface area contributed by atoms with Crippen molar-refractivity contribution < 1.29 is 0 Å². The van der Waals surface area contributed by atoms with E-state index in [1.54, 1.807) is 0 Å². The average molecular weight is 1220 g/mol. The van der Waals surface area contributed by atoms with Gasteiger partial charge in [0.1, 0.15) is 0 Å². The summed E-state index contributed by atoms with van der Waals surface area (Å²) < 4.78 is 9.97. The van der Waals surface area contributed by atoms with E-state index in [-0.39, 0.29) is 0 Å². The number of hydrogen-bond acceptors (Lipinski definition) is 0. The quantitative estimate of drug-likeness (QED) is 0.129. The lowest BCUT2D eigenvalue weighted by Gasteiger charge is -2.24. The third kappa shape index (κ3) is 7.91. The molecular weight excluding hydrogens is 1160 g/mol. The van der Waals surface area contributed by atoms with E-state index in [2.05, 4.69) is 352 Å². The highest BCUT2D eigenvalue weighted by molar-refractivity contribution is 6.30. The molecule has 0 saturated carbocycles. The Bertz CT molecular complexity index is 6300. The highest BCUT2D eigenvalue weighted by atomic mass is 15.1. The lowest BCUT2D eigenvalue weighted by Crippen LogP contribution is -2.08. The molecule has 0 spiro atoms. The van der Waals surface area contributed by atoms with Crippen LogP contribution in [0.4, 0.5) is 5.69 Å². The van der Waals surface area contributed by atoms with Gasteiger partial charge in [-0.05, 0) is 146 Å². The molecule has 0 N–H and O–H groups in total. The van der Waals surface area contributed by atoms with Crippen molar-refractivity contribution in [2.24, 2.45) is 0 Å². The van der Waals surface area contributed by atoms with Crippen molar-refractivity contribution in [3.05, 3.63) is 345 Å². The molecule has 0 fully saturated rings. The van der Waals surface area contributed by atoms with Crippen LogP contribution in [0.25, 0.3) is 192 Å². The maximum atomic E-state index is 10.4. The fraction of sp³-hybridized carbons (Fsp3) is 0. The number of nitrogens with zero attached hydrogens (tertiary/aromatic N) is 5. The molecule has 20 rings (SSSR count). The third-order valence-electron chi connectivity index (χ3n) is 20.3. The molecule has 0 aliphatic carbocycles. The standard InChI is InChI=1S/C91H55N5/c1-92-86-90(94-81-47-41-65(59-27-12-4-13-28-59)53-74(81)75-54-66(42-48-82(75)94)60-29-14-5-15-30-60)88(93-79-45-39-63(57-23-8-2-9-24-57)51-72(79)73-52-64(40-46-80(73)93)58-25-10-3-11-26-58)85-71-37-22-36-70-69-35-20-21-38-78(69)96(87(70)71)89(85)91(86)95-83-49-43-67(61-31-16-6-17-32-61)55-76(83)77-56-68(44-50-84(77)95)62-33-18-7-19-34-62/h2-56H. The van der Waals surface area contributed by atoms with Crippen LogP contribution in [0.2, 0.25) is 0 Å². The zero-order chi connectivity index (χ0) is 63.1. The molecule has 0 aliphatic heterocycles. The number of hydrogen-bond donors (Lipinski definition) is 0. The van der Waals surface area contributed by atoms with Crippen LogP contribution in [0, 0.1) is 6.57 Å². The Kier molecular flexibility index (Phi) is 11.7. The van der Waals surface area contributed by atoms with Crippen molar-refractivity contribution in [2.45, 2.75) is 0 Å². The molecule has 0 bridgehead atoms. The Labute approximate surface area is 552 Å². The second-order valence-electron chi connectivity index (χ2n) is 25.4. The molecule has 5 heteroatoms. The second kappa shape index (κ2) is 21.0. The van der Waals surface area contributed by atoms with Crippen molar-refractivity contribution >= 4 is 109 Å². The Balaban J connectivity index is 1.03. The van der Waals surface area contributed by atoms with Gasteiger partial charge in [0, 0.05) is 53.9 Å². The van der Waals surface area contributed by atoms with E-state index < -0.39 is 0 Å². The second-order valence-corrected chi connectivity index (χ2v) is 25.4. The van der Waals surface area contributed by atoms with Gasteiger partial charge in [-0.15, -0.1) is 0 Å². The van der Waals surface area contributed by atoms with E-state index in [0.717, 1.165) is 187 Å². The van der Waals surface area contributed by atoms with E-state index in [1.165, 1.54) is 0 Å². The summed E-state index contributed by atoms with van der Waals surface area (Å²) in [6.07, 6.45) is 0. The Morgan fingerprint density at radius 3 is 0.812 bits per heavy atom. The number of benzene rings is 15. The van der Waals surface area contributed by atoms with Gasteiger partial charge in [0.15, 0.2) is 0 Å². The van der Waals surface area contributed by atoms with Crippen LogP contribution >= 0.6 is 0 Å². The molecule has 5 nitrogen and oxygen atoms in total. The van der Waals surface area contributed by atoms with Gasteiger partial charge in [0.2, 0.25) is 5.69 Å². The number of rotatable bonds is 9. The summed E-state index contributed by atoms with van der Waals surface area (Å²) in [5.41, 5.74) is 25.9. The number of aromatic nitrogens is 4. The molecule has 0 saturated heterocycles. The lowest BCUT2D eigenvalue weighted by atomic mass is 10.0. The fourth-order valence-corrected chi connectivity index (χ4v) is 16.0. The number of fused-ring (bicyclic) bond motifs is 15. The molecule has 0 aliphatic rings. The SMILES string of the molecule is [C-]#[N+]c1c(-n2c3ccc(-c4ccccc4)cc3c3cc(-c4ccccc4)ccc32)c(-n2c3ccc(-c4ccccc4)cc3c3cc(-c4ccccc4)ccc32)c2c3cccc4c5ccccc5n(c2c1-n1c2ccc(-c5ccccc5)cc2c2cc(-c5ccccc5)ccc21)c43. The van der Waals surface area contributed by atoms with Gasteiger partial charge < -0.3 is 18.1 Å².